The molecule has 0 N–H and O–H groups in total. The van der Waals surface area contributed by atoms with E-state index in [2.05, 4.69) is 51.1 Å². The Kier molecular flexibility index (Phi) is 4.58. The molecular formula is C17H23NS. The molecule has 1 aromatic rings. The Morgan fingerprint density at radius 2 is 1.74 bits per heavy atom. The van der Waals surface area contributed by atoms with Crippen LogP contribution >= 0.6 is 11.8 Å². The van der Waals surface area contributed by atoms with Crippen LogP contribution in [0, 0.1) is 17.2 Å². The molecule has 2 rings (SSSR count). The molecule has 1 fully saturated rings. The minimum absolute atomic E-state index is 0.212. The zero-order valence-electron chi connectivity index (χ0n) is 12.1. The number of nitriles is 1. The van der Waals surface area contributed by atoms with Gasteiger partial charge in [-0.05, 0) is 36.0 Å². The lowest BCUT2D eigenvalue weighted by Crippen LogP contribution is -2.20. The van der Waals surface area contributed by atoms with Crippen LogP contribution < -0.4 is 0 Å². The van der Waals surface area contributed by atoms with E-state index in [0.29, 0.717) is 5.25 Å². The zero-order valence-corrected chi connectivity index (χ0v) is 13.0. The first kappa shape index (κ1) is 14.5. The third-order valence-corrected chi connectivity index (χ3v) is 5.29. The molecule has 0 radical (unpaired) electrons. The summed E-state index contributed by atoms with van der Waals surface area (Å²) in [6.45, 7) is 6.71. The van der Waals surface area contributed by atoms with Gasteiger partial charge in [0.25, 0.3) is 0 Å². The van der Waals surface area contributed by atoms with E-state index in [1.807, 2.05) is 11.8 Å². The van der Waals surface area contributed by atoms with Crippen LogP contribution in [0.4, 0.5) is 0 Å². The highest BCUT2D eigenvalue weighted by atomic mass is 32.2. The first-order valence-electron chi connectivity index (χ1n) is 7.17. The molecule has 102 valence electrons. The Hall–Kier alpha value is -0.940. The Bertz CT molecular complexity index is 450. The minimum Gasteiger partial charge on any atom is -0.198 e. The van der Waals surface area contributed by atoms with Crippen LogP contribution in [-0.4, -0.2) is 5.25 Å². The van der Waals surface area contributed by atoms with Gasteiger partial charge in [-0.15, -0.1) is 11.8 Å². The summed E-state index contributed by atoms with van der Waals surface area (Å²) >= 11 is 1.89. The summed E-state index contributed by atoms with van der Waals surface area (Å²) < 4.78 is 0. The molecule has 1 aromatic carbocycles. The monoisotopic (exact) mass is 273 g/mol. The van der Waals surface area contributed by atoms with Crippen molar-refractivity contribution < 1.29 is 0 Å². The zero-order chi connectivity index (χ0) is 13.9. The largest absolute Gasteiger partial charge is 0.198 e. The van der Waals surface area contributed by atoms with Crippen LogP contribution in [0.15, 0.2) is 29.2 Å². The van der Waals surface area contributed by atoms with E-state index < -0.39 is 0 Å². The molecule has 0 heterocycles. The molecule has 1 aliphatic carbocycles. The quantitative estimate of drug-likeness (QED) is 0.743. The first-order valence-corrected chi connectivity index (χ1v) is 8.05. The number of thioether (sulfide) groups is 1. The molecule has 1 nitrogen and oxygen atoms in total. The van der Waals surface area contributed by atoms with Gasteiger partial charge >= 0.3 is 0 Å². The van der Waals surface area contributed by atoms with Gasteiger partial charge in [0.1, 0.15) is 0 Å². The summed E-state index contributed by atoms with van der Waals surface area (Å²) in [7, 11) is 0. The number of benzene rings is 1. The van der Waals surface area contributed by atoms with Crippen LogP contribution in [0.5, 0.6) is 0 Å². The van der Waals surface area contributed by atoms with Crippen molar-refractivity contribution in [3.8, 4) is 6.07 Å². The van der Waals surface area contributed by atoms with Gasteiger partial charge in [-0.1, -0.05) is 45.7 Å². The summed E-state index contributed by atoms with van der Waals surface area (Å²) in [5, 5.41) is 9.71. The normalized spacial score (nSPS) is 23.9. The average molecular weight is 273 g/mol. The highest BCUT2D eigenvalue weighted by Crippen LogP contribution is 2.37. The predicted octanol–water partition coefficient (Wildman–Crippen LogP) is 5.16. The molecule has 19 heavy (non-hydrogen) atoms. The highest BCUT2D eigenvalue weighted by Gasteiger charge is 2.25. The lowest BCUT2D eigenvalue weighted by molar-refractivity contribution is 0.439. The number of nitrogens with zero attached hydrogens (tertiary/aromatic N) is 1. The first-order chi connectivity index (χ1) is 9.00. The van der Waals surface area contributed by atoms with Gasteiger partial charge in [-0.2, -0.15) is 5.26 Å². The maximum atomic E-state index is 9.23. The molecular weight excluding hydrogens is 250 g/mol. The molecule has 0 aliphatic heterocycles. The Morgan fingerprint density at radius 1 is 1.11 bits per heavy atom. The fourth-order valence-corrected chi connectivity index (χ4v) is 3.88. The second-order valence-corrected chi connectivity index (χ2v) is 7.76. The lowest BCUT2D eigenvalue weighted by atomic mass is 9.87. The third-order valence-electron chi connectivity index (χ3n) is 3.88. The van der Waals surface area contributed by atoms with E-state index in [1.54, 1.807) is 0 Å². The van der Waals surface area contributed by atoms with Gasteiger partial charge < -0.3 is 0 Å². The van der Waals surface area contributed by atoms with E-state index in [4.69, 9.17) is 0 Å². The van der Waals surface area contributed by atoms with E-state index >= 15 is 0 Å². The lowest BCUT2D eigenvalue weighted by Gasteiger charge is -2.26. The fourth-order valence-electron chi connectivity index (χ4n) is 2.59. The molecule has 1 aliphatic rings. The number of rotatable bonds is 2. The van der Waals surface area contributed by atoms with Gasteiger partial charge in [-0.3, -0.25) is 0 Å². The van der Waals surface area contributed by atoms with Crippen molar-refractivity contribution in [1.29, 1.82) is 5.26 Å². The second kappa shape index (κ2) is 6.01. The average Bonchev–Trinajstić information content (AvgIpc) is 2.39. The topological polar surface area (TPSA) is 23.8 Å². The van der Waals surface area contributed by atoms with Crippen LogP contribution in [0.1, 0.15) is 52.0 Å². The Morgan fingerprint density at radius 3 is 2.32 bits per heavy atom. The van der Waals surface area contributed by atoms with Gasteiger partial charge in [0.15, 0.2) is 0 Å². The van der Waals surface area contributed by atoms with Crippen molar-refractivity contribution in [2.45, 2.75) is 62.0 Å². The molecule has 0 saturated heterocycles. The highest BCUT2D eigenvalue weighted by molar-refractivity contribution is 8.00. The van der Waals surface area contributed by atoms with Crippen molar-refractivity contribution in [3.05, 3.63) is 29.8 Å². The van der Waals surface area contributed by atoms with Crippen molar-refractivity contribution >= 4 is 11.8 Å². The summed E-state index contributed by atoms with van der Waals surface area (Å²) in [5.41, 5.74) is 1.58. The molecule has 2 heteroatoms. The molecule has 2 atom stereocenters. The molecule has 0 aromatic heterocycles. The molecule has 2 unspecified atom stereocenters. The molecule has 0 bridgehead atoms. The number of hydrogen-bond acceptors (Lipinski definition) is 2. The van der Waals surface area contributed by atoms with Gasteiger partial charge in [0.05, 0.1) is 12.0 Å². The Balaban J connectivity index is 2.05. The molecule has 1 saturated carbocycles. The van der Waals surface area contributed by atoms with Crippen molar-refractivity contribution in [2.75, 3.05) is 0 Å². The Labute approximate surface area is 121 Å². The van der Waals surface area contributed by atoms with E-state index in [0.717, 1.165) is 6.42 Å². The smallest absolute Gasteiger partial charge is 0.0667 e. The van der Waals surface area contributed by atoms with Crippen LogP contribution in [0.25, 0.3) is 0 Å². The predicted molar refractivity (Wildman–Crippen MR) is 82.4 cm³/mol. The number of hydrogen-bond donors (Lipinski definition) is 0. The van der Waals surface area contributed by atoms with Crippen LogP contribution in [-0.2, 0) is 5.41 Å². The second-order valence-electron chi connectivity index (χ2n) is 6.45. The van der Waals surface area contributed by atoms with Crippen LogP contribution in [0.3, 0.4) is 0 Å². The van der Waals surface area contributed by atoms with Gasteiger partial charge in [0, 0.05) is 10.1 Å². The standard InChI is InChI=1S/C17H23NS/c1-17(2,3)14-8-10-15(11-9-14)19-16-7-5-4-6-13(16)12-18/h8-11,13,16H,4-7H2,1-3H3. The van der Waals surface area contributed by atoms with Crippen LogP contribution in [0.2, 0.25) is 0 Å². The van der Waals surface area contributed by atoms with Gasteiger partial charge in [-0.25, -0.2) is 0 Å². The van der Waals surface area contributed by atoms with Crippen molar-refractivity contribution in [1.82, 2.24) is 0 Å². The van der Waals surface area contributed by atoms with E-state index in [9.17, 15) is 5.26 Å². The summed E-state index contributed by atoms with van der Waals surface area (Å²) in [6.07, 6.45) is 4.76. The van der Waals surface area contributed by atoms with Crippen molar-refractivity contribution in [2.24, 2.45) is 5.92 Å². The van der Waals surface area contributed by atoms with Crippen molar-refractivity contribution in [3.63, 3.8) is 0 Å². The van der Waals surface area contributed by atoms with Gasteiger partial charge in [0.2, 0.25) is 0 Å². The fraction of sp³-hybridized carbons (Fsp3) is 0.588. The molecule has 0 amide bonds. The molecule has 0 spiro atoms. The third kappa shape index (κ3) is 3.76. The van der Waals surface area contributed by atoms with E-state index in [-0.39, 0.29) is 11.3 Å². The minimum atomic E-state index is 0.212. The summed E-state index contributed by atoms with van der Waals surface area (Å²) in [5.74, 6) is 0.237. The van der Waals surface area contributed by atoms with E-state index in [1.165, 1.54) is 29.7 Å². The summed E-state index contributed by atoms with van der Waals surface area (Å²) in [4.78, 5) is 1.31. The maximum Gasteiger partial charge on any atom is 0.0667 e. The maximum absolute atomic E-state index is 9.23. The summed E-state index contributed by atoms with van der Waals surface area (Å²) in [6, 6.07) is 11.4. The SMILES string of the molecule is CC(C)(C)c1ccc(SC2CCCCC2C#N)cc1.